The summed E-state index contributed by atoms with van der Waals surface area (Å²) < 4.78 is 4.72. The molecule has 0 aromatic carbocycles. The Kier molecular flexibility index (Phi) is 4.47. The Hall–Kier alpha value is -1.78. The molecule has 5 heteroatoms. The van der Waals surface area contributed by atoms with E-state index in [1.165, 1.54) is 13.5 Å². The zero-order valence-corrected chi connectivity index (χ0v) is 12.3. The largest absolute Gasteiger partial charge is 0.465 e. The summed E-state index contributed by atoms with van der Waals surface area (Å²) in [4.78, 5) is 15.9. The molecule has 1 aromatic heterocycles. The van der Waals surface area contributed by atoms with Gasteiger partial charge in [0.1, 0.15) is 5.82 Å². The molecule has 3 N–H and O–H groups in total. The van der Waals surface area contributed by atoms with E-state index < -0.39 is 5.97 Å². The molecule has 0 bridgehead atoms. The Morgan fingerprint density at radius 1 is 1.40 bits per heavy atom. The van der Waals surface area contributed by atoms with E-state index in [0.717, 1.165) is 18.8 Å². The topological polar surface area (TPSA) is 77.2 Å². The molecule has 0 radical (unpaired) electrons. The number of anilines is 2. The molecular weight excluding hydrogens is 254 g/mol. The molecule has 3 atom stereocenters. The van der Waals surface area contributed by atoms with Crippen LogP contribution in [0, 0.1) is 11.8 Å². The number of ether oxygens (including phenoxy) is 1. The molecule has 1 saturated carbocycles. The Morgan fingerprint density at radius 3 is 2.80 bits per heavy atom. The average Bonchev–Trinajstić information content (AvgIpc) is 2.44. The van der Waals surface area contributed by atoms with Crippen LogP contribution in [-0.2, 0) is 4.74 Å². The van der Waals surface area contributed by atoms with Crippen molar-refractivity contribution in [3.8, 4) is 0 Å². The van der Waals surface area contributed by atoms with Crippen molar-refractivity contribution in [1.82, 2.24) is 4.98 Å². The number of carbonyl (C=O) groups is 1. The molecule has 110 valence electrons. The van der Waals surface area contributed by atoms with Crippen LogP contribution in [0.3, 0.4) is 0 Å². The number of esters is 1. The minimum absolute atomic E-state index is 0.363. The first kappa shape index (κ1) is 14.6. The zero-order valence-electron chi connectivity index (χ0n) is 12.3. The lowest BCUT2D eigenvalue weighted by molar-refractivity contribution is 0.0602. The van der Waals surface area contributed by atoms with Crippen LogP contribution in [0.5, 0.6) is 0 Å². The number of hydrogen-bond donors (Lipinski definition) is 2. The number of rotatable bonds is 3. The van der Waals surface area contributed by atoms with Gasteiger partial charge in [-0.3, -0.25) is 0 Å². The minimum Gasteiger partial charge on any atom is -0.465 e. The molecule has 1 aliphatic rings. The summed E-state index contributed by atoms with van der Waals surface area (Å²) >= 11 is 0. The van der Waals surface area contributed by atoms with Crippen LogP contribution in [0.4, 0.5) is 11.5 Å². The molecule has 1 fully saturated rings. The summed E-state index contributed by atoms with van der Waals surface area (Å²) in [6.45, 7) is 4.57. The lowest BCUT2D eigenvalue weighted by Crippen LogP contribution is -2.31. The maximum atomic E-state index is 11.6. The van der Waals surface area contributed by atoms with Gasteiger partial charge in [0.05, 0.1) is 18.4 Å². The molecular formula is C15H23N3O2. The fraction of sp³-hybridized carbons (Fsp3) is 0.600. The Morgan fingerprint density at radius 2 is 2.15 bits per heavy atom. The fourth-order valence-electron chi connectivity index (χ4n) is 2.75. The highest BCUT2D eigenvalue weighted by Gasteiger charge is 2.25. The van der Waals surface area contributed by atoms with Gasteiger partial charge in [-0.15, -0.1) is 0 Å². The third-order valence-electron chi connectivity index (χ3n) is 4.33. The third kappa shape index (κ3) is 3.03. The van der Waals surface area contributed by atoms with Gasteiger partial charge in [-0.1, -0.05) is 13.8 Å². The van der Waals surface area contributed by atoms with Gasteiger partial charge < -0.3 is 15.8 Å². The van der Waals surface area contributed by atoms with E-state index in [4.69, 9.17) is 10.5 Å². The van der Waals surface area contributed by atoms with Crippen LogP contribution >= 0.6 is 0 Å². The number of nitrogens with two attached hydrogens (primary N) is 1. The lowest BCUT2D eigenvalue weighted by Gasteiger charge is -2.33. The number of pyridine rings is 1. The van der Waals surface area contributed by atoms with Crippen molar-refractivity contribution < 1.29 is 9.53 Å². The molecule has 0 amide bonds. The zero-order chi connectivity index (χ0) is 14.7. The maximum absolute atomic E-state index is 11.6. The third-order valence-corrected chi connectivity index (χ3v) is 4.33. The number of nitrogen functional groups attached to an aromatic ring is 1. The molecule has 1 aromatic rings. The van der Waals surface area contributed by atoms with Crippen molar-refractivity contribution in [2.45, 2.75) is 39.2 Å². The minimum atomic E-state index is -0.432. The Balaban J connectivity index is 2.12. The molecule has 2 rings (SSSR count). The average molecular weight is 277 g/mol. The monoisotopic (exact) mass is 277 g/mol. The van der Waals surface area contributed by atoms with E-state index >= 15 is 0 Å². The van der Waals surface area contributed by atoms with Gasteiger partial charge in [-0.25, -0.2) is 9.78 Å². The van der Waals surface area contributed by atoms with Crippen molar-refractivity contribution in [1.29, 1.82) is 0 Å². The van der Waals surface area contributed by atoms with E-state index in [1.807, 2.05) is 0 Å². The van der Waals surface area contributed by atoms with Crippen molar-refractivity contribution >= 4 is 17.5 Å². The molecule has 0 aliphatic heterocycles. The Bertz CT molecular complexity index is 490. The second-order valence-corrected chi connectivity index (χ2v) is 5.72. The number of hydrogen-bond acceptors (Lipinski definition) is 5. The SMILES string of the molecule is COC(=O)c1ccnc(NC2CCC(C)C(C)C2)c1N. The van der Waals surface area contributed by atoms with E-state index in [-0.39, 0.29) is 0 Å². The lowest BCUT2D eigenvalue weighted by atomic mass is 9.79. The first-order valence-corrected chi connectivity index (χ1v) is 7.12. The van der Waals surface area contributed by atoms with Crippen molar-refractivity contribution in [3.05, 3.63) is 17.8 Å². The molecule has 3 unspecified atom stereocenters. The first-order chi connectivity index (χ1) is 9.52. The van der Waals surface area contributed by atoms with Gasteiger partial charge in [-0.2, -0.15) is 0 Å². The summed E-state index contributed by atoms with van der Waals surface area (Å²) in [5.74, 6) is 1.60. The van der Waals surface area contributed by atoms with Gasteiger partial charge in [-0.05, 0) is 37.2 Å². The highest BCUT2D eigenvalue weighted by atomic mass is 16.5. The van der Waals surface area contributed by atoms with Crippen LogP contribution in [0.1, 0.15) is 43.5 Å². The summed E-state index contributed by atoms with van der Waals surface area (Å²) in [5, 5.41) is 3.38. The highest BCUT2D eigenvalue weighted by molar-refractivity contribution is 5.97. The van der Waals surface area contributed by atoms with Gasteiger partial charge in [0.15, 0.2) is 0 Å². The summed E-state index contributed by atoms with van der Waals surface area (Å²) in [6, 6.07) is 1.95. The standard InChI is InChI=1S/C15H23N3O2/c1-9-4-5-11(8-10(9)2)18-14-13(16)12(6-7-17-14)15(19)20-3/h6-7,9-11H,4-5,8,16H2,1-3H3,(H,17,18). The van der Waals surface area contributed by atoms with Crippen molar-refractivity contribution in [3.63, 3.8) is 0 Å². The quantitative estimate of drug-likeness (QED) is 0.831. The predicted octanol–water partition coefficient (Wildman–Crippen LogP) is 2.69. The number of nitrogens with one attached hydrogen (secondary N) is 1. The van der Waals surface area contributed by atoms with Gasteiger partial charge >= 0.3 is 5.97 Å². The number of nitrogens with zero attached hydrogens (tertiary/aromatic N) is 1. The molecule has 1 heterocycles. The summed E-state index contributed by atoms with van der Waals surface area (Å²) in [7, 11) is 1.35. The smallest absolute Gasteiger partial charge is 0.340 e. The number of methoxy groups -OCH3 is 1. The molecule has 1 aliphatic carbocycles. The second-order valence-electron chi connectivity index (χ2n) is 5.72. The maximum Gasteiger partial charge on any atom is 0.340 e. The second kappa shape index (κ2) is 6.11. The summed E-state index contributed by atoms with van der Waals surface area (Å²) in [6.07, 6.45) is 5.00. The molecule has 0 saturated heterocycles. The van der Waals surface area contributed by atoms with Crippen LogP contribution < -0.4 is 11.1 Å². The van der Waals surface area contributed by atoms with Crippen LogP contribution in [0.25, 0.3) is 0 Å². The summed E-state index contributed by atoms with van der Waals surface area (Å²) in [5.41, 5.74) is 6.74. The van der Waals surface area contributed by atoms with E-state index in [1.54, 1.807) is 12.3 Å². The molecule has 20 heavy (non-hydrogen) atoms. The van der Waals surface area contributed by atoms with E-state index in [2.05, 4.69) is 24.1 Å². The van der Waals surface area contributed by atoms with Crippen LogP contribution in [-0.4, -0.2) is 24.1 Å². The van der Waals surface area contributed by atoms with Crippen LogP contribution in [0.2, 0.25) is 0 Å². The fourth-order valence-corrected chi connectivity index (χ4v) is 2.75. The highest BCUT2D eigenvalue weighted by Crippen LogP contribution is 2.32. The van der Waals surface area contributed by atoms with Gasteiger partial charge in [0, 0.05) is 12.2 Å². The van der Waals surface area contributed by atoms with E-state index in [9.17, 15) is 4.79 Å². The van der Waals surface area contributed by atoms with E-state index in [0.29, 0.717) is 29.0 Å². The van der Waals surface area contributed by atoms with Crippen molar-refractivity contribution in [2.24, 2.45) is 11.8 Å². The number of carbonyl (C=O) groups excluding carboxylic acids is 1. The normalized spacial score (nSPS) is 26.1. The number of aromatic nitrogens is 1. The molecule has 0 spiro atoms. The van der Waals surface area contributed by atoms with Crippen molar-refractivity contribution in [2.75, 3.05) is 18.2 Å². The molecule has 5 nitrogen and oxygen atoms in total. The first-order valence-electron chi connectivity index (χ1n) is 7.12. The van der Waals surface area contributed by atoms with Gasteiger partial charge in [0.25, 0.3) is 0 Å². The van der Waals surface area contributed by atoms with Gasteiger partial charge in [0.2, 0.25) is 0 Å². The van der Waals surface area contributed by atoms with Crippen LogP contribution in [0.15, 0.2) is 12.3 Å². The Labute approximate surface area is 119 Å². The predicted molar refractivity (Wildman–Crippen MR) is 79.6 cm³/mol.